The van der Waals surface area contributed by atoms with Crippen molar-refractivity contribution in [2.24, 2.45) is 11.7 Å². The van der Waals surface area contributed by atoms with Gasteiger partial charge in [0.15, 0.2) is 0 Å². The minimum absolute atomic E-state index is 0.125. The summed E-state index contributed by atoms with van der Waals surface area (Å²) < 4.78 is 0. The number of likely N-dealkylation sites (N-methyl/N-ethyl adjacent to an activating group) is 2. The molecule has 0 radical (unpaired) electrons. The summed E-state index contributed by atoms with van der Waals surface area (Å²) in [6.45, 7) is 7.20. The lowest BCUT2D eigenvalue weighted by atomic mass is 10.1. The van der Waals surface area contributed by atoms with Gasteiger partial charge in [0.05, 0.1) is 0 Å². The molecule has 0 aromatic rings. The molecule has 2 atom stereocenters. The summed E-state index contributed by atoms with van der Waals surface area (Å²) in [5.41, 5.74) is 5.63. The Balaban J connectivity index is 2.80. The second-order valence-electron chi connectivity index (χ2n) is 4.17. The molecular formula is C10H21N3O. The molecule has 0 aromatic carbocycles. The second kappa shape index (κ2) is 4.75. The van der Waals surface area contributed by atoms with Gasteiger partial charge in [0.25, 0.3) is 0 Å². The van der Waals surface area contributed by atoms with Gasteiger partial charge in [-0.25, -0.2) is 0 Å². The molecule has 1 rings (SSSR count). The third kappa shape index (κ3) is 2.25. The van der Waals surface area contributed by atoms with E-state index < -0.39 is 0 Å². The van der Waals surface area contributed by atoms with Crippen molar-refractivity contribution in [1.29, 1.82) is 0 Å². The first-order valence-corrected chi connectivity index (χ1v) is 5.29. The number of rotatable bonds is 2. The summed E-state index contributed by atoms with van der Waals surface area (Å²) in [5, 5.41) is 0. The highest BCUT2D eigenvalue weighted by molar-refractivity contribution is 5.82. The Kier molecular flexibility index (Phi) is 3.89. The molecule has 2 unspecified atom stereocenters. The highest BCUT2D eigenvalue weighted by Crippen LogP contribution is 2.12. The van der Waals surface area contributed by atoms with Gasteiger partial charge < -0.3 is 10.6 Å². The fourth-order valence-corrected chi connectivity index (χ4v) is 2.11. The third-order valence-corrected chi connectivity index (χ3v) is 2.87. The largest absolute Gasteiger partial charge is 0.341 e. The van der Waals surface area contributed by atoms with Gasteiger partial charge in [0.1, 0.15) is 6.04 Å². The van der Waals surface area contributed by atoms with Crippen molar-refractivity contribution in [2.75, 3.05) is 33.2 Å². The normalized spacial score (nSPS) is 30.6. The van der Waals surface area contributed by atoms with Crippen molar-refractivity contribution in [1.82, 2.24) is 9.80 Å². The van der Waals surface area contributed by atoms with Gasteiger partial charge in [-0.1, -0.05) is 6.92 Å². The van der Waals surface area contributed by atoms with E-state index >= 15 is 0 Å². The number of amides is 1. The highest BCUT2D eigenvalue weighted by Gasteiger charge is 2.31. The van der Waals surface area contributed by atoms with Crippen LogP contribution in [0.25, 0.3) is 0 Å². The van der Waals surface area contributed by atoms with Gasteiger partial charge in [-0.3, -0.25) is 9.69 Å². The molecule has 1 aliphatic rings. The molecule has 0 aromatic heterocycles. The topological polar surface area (TPSA) is 49.6 Å². The minimum atomic E-state index is -0.125. The SMILES string of the molecule is CCN1CC(C)CN(C)C(CN)C1=O. The van der Waals surface area contributed by atoms with E-state index in [0.29, 0.717) is 12.5 Å². The highest BCUT2D eigenvalue weighted by atomic mass is 16.2. The van der Waals surface area contributed by atoms with Gasteiger partial charge >= 0.3 is 0 Å². The predicted octanol–water partition coefficient (Wildman–Crippen LogP) is -0.256. The number of hydrogen-bond acceptors (Lipinski definition) is 3. The number of hydrogen-bond donors (Lipinski definition) is 1. The Morgan fingerprint density at radius 2 is 2.14 bits per heavy atom. The summed E-state index contributed by atoms with van der Waals surface area (Å²) >= 11 is 0. The van der Waals surface area contributed by atoms with Crippen LogP contribution in [0, 0.1) is 5.92 Å². The molecule has 1 amide bonds. The number of nitrogens with two attached hydrogens (primary N) is 1. The molecule has 82 valence electrons. The van der Waals surface area contributed by atoms with Gasteiger partial charge in [0.2, 0.25) is 5.91 Å². The summed E-state index contributed by atoms with van der Waals surface area (Å²) in [6, 6.07) is -0.125. The molecule has 1 aliphatic heterocycles. The van der Waals surface area contributed by atoms with Crippen molar-refractivity contribution in [2.45, 2.75) is 19.9 Å². The Labute approximate surface area is 86.0 Å². The monoisotopic (exact) mass is 199 g/mol. The maximum atomic E-state index is 12.0. The molecule has 1 fully saturated rings. The average molecular weight is 199 g/mol. The smallest absolute Gasteiger partial charge is 0.241 e. The van der Waals surface area contributed by atoms with Crippen LogP contribution in [0.3, 0.4) is 0 Å². The minimum Gasteiger partial charge on any atom is -0.341 e. The first-order chi connectivity index (χ1) is 6.60. The standard InChI is InChI=1S/C10H21N3O/c1-4-13-7-8(2)6-12(3)9(5-11)10(13)14/h8-9H,4-7,11H2,1-3H3. The molecule has 4 nitrogen and oxygen atoms in total. The van der Waals surface area contributed by atoms with E-state index in [9.17, 15) is 4.79 Å². The Bertz CT molecular complexity index is 208. The van der Waals surface area contributed by atoms with E-state index in [4.69, 9.17) is 5.73 Å². The first-order valence-electron chi connectivity index (χ1n) is 5.29. The van der Waals surface area contributed by atoms with Crippen molar-refractivity contribution in [3.63, 3.8) is 0 Å². The number of nitrogens with zero attached hydrogens (tertiary/aromatic N) is 2. The van der Waals surface area contributed by atoms with Crippen LogP contribution in [0.15, 0.2) is 0 Å². The summed E-state index contributed by atoms with van der Waals surface area (Å²) in [6.07, 6.45) is 0. The Morgan fingerprint density at radius 1 is 1.50 bits per heavy atom. The lowest BCUT2D eigenvalue weighted by molar-refractivity contribution is -0.134. The van der Waals surface area contributed by atoms with Crippen LogP contribution >= 0.6 is 0 Å². The van der Waals surface area contributed by atoms with Crippen LogP contribution in [0.4, 0.5) is 0 Å². The van der Waals surface area contributed by atoms with Crippen molar-refractivity contribution in [3.8, 4) is 0 Å². The van der Waals surface area contributed by atoms with Crippen molar-refractivity contribution >= 4 is 5.91 Å². The average Bonchev–Trinajstić information content (AvgIpc) is 2.23. The van der Waals surface area contributed by atoms with Crippen LogP contribution in [-0.2, 0) is 4.79 Å². The maximum absolute atomic E-state index is 12.0. The van der Waals surface area contributed by atoms with Crippen molar-refractivity contribution in [3.05, 3.63) is 0 Å². The van der Waals surface area contributed by atoms with Crippen LogP contribution in [-0.4, -0.2) is 55.0 Å². The quantitative estimate of drug-likeness (QED) is 0.667. The van der Waals surface area contributed by atoms with Crippen LogP contribution in [0.1, 0.15) is 13.8 Å². The molecule has 2 N–H and O–H groups in total. The van der Waals surface area contributed by atoms with Crippen LogP contribution in [0.2, 0.25) is 0 Å². The zero-order valence-corrected chi connectivity index (χ0v) is 9.36. The van der Waals surface area contributed by atoms with Crippen LogP contribution < -0.4 is 5.73 Å². The fraction of sp³-hybridized carbons (Fsp3) is 0.900. The number of carbonyl (C=O) groups excluding carboxylic acids is 1. The van der Waals surface area contributed by atoms with Gasteiger partial charge in [-0.15, -0.1) is 0 Å². The molecular weight excluding hydrogens is 178 g/mol. The second-order valence-corrected chi connectivity index (χ2v) is 4.17. The first kappa shape index (κ1) is 11.5. The van der Waals surface area contributed by atoms with E-state index in [1.54, 1.807) is 0 Å². The van der Waals surface area contributed by atoms with E-state index in [1.807, 2.05) is 18.9 Å². The molecule has 0 aliphatic carbocycles. The lowest BCUT2D eigenvalue weighted by Gasteiger charge is -2.26. The van der Waals surface area contributed by atoms with Gasteiger partial charge in [-0.2, -0.15) is 0 Å². The van der Waals surface area contributed by atoms with Gasteiger partial charge in [-0.05, 0) is 19.9 Å². The third-order valence-electron chi connectivity index (χ3n) is 2.87. The van der Waals surface area contributed by atoms with E-state index in [0.717, 1.165) is 19.6 Å². The molecule has 0 bridgehead atoms. The van der Waals surface area contributed by atoms with E-state index in [2.05, 4.69) is 11.8 Å². The zero-order chi connectivity index (χ0) is 10.7. The zero-order valence-electron chi connectivity index (χ0n) is 9.36. The number of carbonyl (C=O) groups is 1. The molecule has 4 heteroatoms. The molecule has 1 heterocycles. The molecule has 0 spiro atoms. The summed E-state index contributed by atoms with van der Waals surface area (Å²) in [4.78, 5) is 15.9. The van der Waals surface area contributed by atoms with Crippen LogP contribution in [0.5, 0.6) is 0 Å². The fourth-order valence-electron chi connectivity index (χ4n) is 2.11. The lowest BCUT2D eigenvalue weighted by Crippen LogP contribution is -2.48. The predicted molar refractivity (Wildman–Crippen MR) is 56.9 cm³/mol. The maximum Gasteiger partial charge on any atom is 0.241 e. The van der Waals surface area contributed by atoms with E-state index in [1.165, 1.54) is 0 Å². The Morgan fingerprint density at radius 3 is 2.64 bits per heavy atom. The van der Waals surface area contributed by atoms with Crippen molar-refractivity contribution < 1.29 is 4.79 Å². The van der Waals surface area contributed by atoms with Gasteiger partial charge in [0, 0.05) is 26.2 Å². The Hall–Kier alpha value is -0.610. The molecule has 0 saturated carbocycles. The summed E-state index contributed by atoms with van der Waals surface area (Å²) in [5.74, 6) is 0.710. The summed E-state index contributed by atoms with van der Waals surface area (Å²) in [7, 11) is 1.98. The van der Waals surface area contributed by atoms with E-state index in [-0.39, 0.29) is 11.9 Å². The molecule has 1 saturated heterocycles. The molecule has 14 heavy (non-hydrogen) atoms.